The van der Waals surface area contributed by atoms with Crippen LogP contribution in [0.15, 0.2) is 23.6 Å². The molecule has 0 saturated carbocycles. The first-order valence-corrected chi connectivity index (χ1v) is 18.6. The van der Waals surface area contributed by atoms with Gasteiger partial charge in [0.25, 0.3) is 5.91 Å². The zero-order chi connectivity index (χ0) is 38.0. The lowest BCUT2D eigenvalue weighted by atomic mass is 9.92. The Kier molecular flexibility index (Phi) is 15.5. The molecule has 6 unspecified atom stereocenters. The van der Waals surface area contributed by atoms with Crippen molar-refractivity contribution in [3.63, 3.8) is 0 Å². The Morgan fingerprint density at radius 3 is 2.43 bits per heavy atom. The summed E-state index contributed by atoms with van der Waals surface area (Å²) in [4.78, 5) is 72.5. The Labute approximate surface area is 304 Å². The van der Waals surface area contributed by atoms with Gasteiger partial charge in [0.05, 0.1) is 12.5 Å². The highest BCUT2D eigenvalue weighted by atomic mass is 32.1. The molecule has 51 heavy (non-hydrogen) atoms. The van der Waals surface area contributed by atoms with Crippen LogP contribution in [0.2, 0.25) is 0 Å². The number of amides is 3. The van der Waals surface area contributed by atoms with E-state index >= 15 is 0 Å². The summed E-state index contributed by atoms with van der Waals surface area (Å²) in [5.74, 6) is -3.19. The minimum atomic E-state index is -1.09. The highest BCUT2D eigenvalue weighted by Gasteiger charge is 2.37. The summed E-state index contributed by atoms with van der Waals surface area (Å²) in [6, 6.07) is 2.10. The van der Waals surface area contributed by atoms with Gasteiger partial charge in [0.2, 0.25) is 11.8 Å². The largest absolute Gasteiger partial charge is 0.481 e. The molecule has 1 saturated heterocycles. The van der Waals surface area contributed by atoms with Gasteiger partial charge in [-0.25, -0.2) is 9.37 Å². The molecule has 0 bridgehead atoms. The molecular formula is C37H54FN5O7S. The molecule has 3 N–H and O–H groups in total. The number of benzene rings is 1. The smallest absolute Gasteiger partial charge is 0.307 e. The number of hydrogen-bond acceptors (Lipinski definition) is 9. The van der Waals surface area contributed by atoms with Crippen LogP contribution in [-0.2, 0) is 36.8 Å². The number of carboxylic acids is 1. The van der Waals surface area contributed by atoms with Crippen molar-refractivity contribution in [2.75, 3.05) is 20.6 Å². The van der Waals surface area contributed by atoms with Crippen molar-refractivity contribution in [1.29, 1.82) is 0 Å². The van der Waals surface area contributed by atoms with Crippen LogP contribution in [0.3, 0.4) is 0 Å². The predicted octanol–water partition coefficient (Wildman–Crippen LogP) is 4.76. The average Bonchev–Trinajstić information content (AvgIpc) is 3.56. The number of piperidine rings is 1. The van der Waals surface area contributed by atoms with Crippen molar-refractivity contribution in [2.45, 2.75) is 117 Å². The van der Waals surface area contributed by atoms with Crippen LogP contribution in [0.5, 0.6) is 0 Å². The number of aliphatic carboxylic acids is 1. The molecule has 0 aliphatic carbocycles. The highest BCUT2D eigenvalue weighted by Crippen LogP contribution is 2.31. The van der Waals surface area contributed by atoms with Crippen molar-refractivity contribution in [3.05, 3.63) is 51.2 Å². The van der Waals surface area contributed by atoms with Crippen LogP contribution >= 0.6 is 11.3 Å². The standard InChI is InChI=1S/C37H54FN5O7S/c1-9-22(4)33(41-35(48)29-12-10-11-15-42(29)7)37(49)43(8)30(21(2)3)19-31(50-24(6)44)36-40-28(20-51-36)34(47)39-23(5)16-25-13-14-27(38)17-26(25)18-32(45)46/h13-14,17,20-23,29-31,33H,9-12,15-16,18-19H2,1-8H3,(H,39,47)(H,41,48)(H,45,46). The minimum absolute atomic E-state index is 0.0594. The molecule has 1 aliphatic heterocycles. The van der Waals surface area contributed by atoms with E-state index in [0.717, 1.165) is 37.1 Å². The average molecular weight is 732 g/mol. The maximum atomic E-state index is 14.1. The van der Waals surface area contributed by atoms with E-state index in [0.29, 0.717) is 22.6 Å². The van der Waals surface area contributed by atoms with E-state index in [1.165, 1.54) is 25.1 Å². The maximum absolute atomic E-state index is 14.1. The van der Waals surface area contributed by atoms with Gasteiger partial charge in [0.1, 0.15) is 22.6 Å². The van der Waals surface area contributed by atoms with Crippen LogP contribution in [0, 0.1) is 17.7 Å². The fourth-order valence-corrected chi connectivity index (χ4v) is 7.40. The number of thiazole rings is 1. The number of likely N-dealkylation sites (tertiary alicyclic amines) is 1. The Morgan fingerprint density at radius 2 is 1.82 bits per heavy atom. The number of ether oxygens (including phenoxy) is 1. The van der Waals surface area contributed by atoms with Crippen molar-refractivity contribution >= 4 is 41.0 Å². The number of aromatic nitrogens is 1. The van der Waals surface area contributed by atoms with Crippen LogP contribution < -0.4 is 10.6 Å². The lowest BCUT2D eigenvalue weighted by Gasteiger charge is -2.38. The third kappa shape index (κ3) is 11.8. The number of hydrogen-bond donors (Lipinski definition) is 3. The molecule has 282 valence electrons. The first-order chi connectivity index (χ1) is 24.0. The van der Waals surface area contributed by atoms with Gasteiger partial charge >= 0.3 is 11.9 Å². The first-order valence-electron chi connectivity index (χ1n) is 17.7. The summed E-state index contributed by atoms with van der Waals surface area (Å²) in [7, 11) is 3.64. The highest BCUT2D eigenvalue weighted by molar-refractivity contribution is 7.09. The zero-order valence-corrected chi connectivity index (χ0v) is 31.8. The fraction of sp³-hybridized carbons (Fsp3) is 0.622. The summed E-state index contributed by atoms with van der Waals surface area (Å²) in [6.45, 7) is 11.7. The number of nitrogens with zero attached hydrogens (tertiary/aromatic N) is 3. The first kappa shape index (κ1) is 41.5. The van der Waals surface area contributed by atoms with Crippen molar-refractivity contribution in [1.82, 2.24) is 25.4 Å². The third-order valence-corrected chi connectivity index (χ3v) is 10.6. The number of halogens is 1. The van der Waals surface area contributed by atoms with Gasteiger partial charge in [-0.05, 0) is 74.9 Å². The summed E-state index contributed by atoms with van der Waals surface area (Å²) in [5, 5.41) is 17.1. The third-order valence-electron chi connectivity index (χ3n) is 9.67. The van der Waals surface area contributed by atoms with E-state index in [4.69, 9.17) is 4.74 Å². The van der Waals surface area contributed by atoms with Crippen molar-refractivity contribution in [2.24, 2.45) is 11.8 Å². The summed E-state index contributed by atoms with van der Waals surface area (Å²) < 4.78 is 19.5. The SMILES string of the molecule is CCC(C)C(NC(=O)C1CCCCN1C)C(=O)N(C)C(CC(OC(C)=O)c1nc(C(=O)NC(C)Cc2ccc(F)cc2CC(=O)O)cs1)C(C)C. The molecule has 12 nitrogen and oxygen atoms in total. The number of esters is 1. The second-order valence-electron chi connectivity index (χ2n) is 14.1. The van der Waals surface area contributed by atoms with Gasteiger partial charge in [-0.15, -0.1) is 11.3 Å². The number of carboxylic acid groups (broad SMARTS) is 1. The topological polar surface area (TPSA) is 158 Å². The zero-order valence-electron chi connectivity index (χ0n) is 31.0. The Morgan fingerprint density at radius 1 is 1.12 bits per heavy atom. The molecule has 0 spiro atoms. The second kappa shape index (κ2) is 19.1. The number of nitrogens with one attached hydrogen (secondary N) is 2. The van der Waals surface area contributed by atoms with Crippen molar-refractivity contribution in [3.8, 4) is 0 Å². The lowest BCUT2D eigenvalue weighted by Crippen LogP contribution is -2.58. The number of carbonyl (C=O) groups is 5. The molecular weight excluding hydrogens is 678 g/mol. The van der Waals surface area contributed by atoms with E-state index < -0.39 is 47.9 Å². The Bertz CT molecular complexity index is 1530. The normalized spacial score (nSPS) is 17.9. The summed E-state index contributed by atoms with van der Waals surface area (Å²) in [5.41, 5.74) is 1.05. The van der Waals surface area contributed by atoms with Crippen LogP contribution in [0.4, 0.5) is 4.39 Å². The molecule has 1 aromatic heterocycles. The van der Waals surface area contributed by atoms with E-state index in [-0.39, 0.29) is 54.6 Å². The molecule has 14 heteroatoms. The summed E-state index contributed by atoms with van der Waals surface area (Å²) >= 11 is 1.16. The fourth-order valence-electron chi connectivity index (χ4n) is 6.56. The number of carbonyl (C=O) groups excluding carboxylic acids is 4. The maximum Gasteiger partial charge on any atom is 0.307 e. The lowest BCUT2D eigenvalue weighted by molar-refractivity contribution is -0.149. The van der Waals surface area contributed by atoms with Gasteiger partial charge in [-0.2, -0.15) is 0 Å². The molecule has 1 aromatic carbocycles. The molecule has 1 fully saturated rings. The molecule has 0 radical (unpaired) electrons. The van der Waals surface area contributed by atoms with Gasteiger partial charge in [0.15, 0.2) is 6.10 Å². The van der Waals surface area contributed by atoms with Gasteiger partial charge in [0, 0.05) is 37.9 Å². The van der Waals surface area contributed by atoms with Gasteiger partial charge in [-0.3, -0.25) is 28.9 Å². The molecule has 2 aromatic rings. The van der Waals surface area contributed by atoms with Crippen LogP contribution in [-0.4, -0.2) is 94.4 Å². The molecule has 6 atom stereocenters. The van der Waals surface area contributed by atoms with E-state index in [2.05, 4.69) is 15.6 Å². The summed E-state index contributed by atoms with van der Waals surface area (Å²) in [6.07, 6.45) is 2.72. The Balaban J connectivity index is 1.77. The molecule has 1 aliphatic rings. The molecule has 2 heterocycles. The predicted molar refractivity (Wildman–Crippen MR) is 193 cm³/mol. The Hall–Kier alpha value is -3.91. The van der Waals surface area contributed by atoms with Gasteiger partial charge in [-0.1, -0.05) is 46.6 Å². The second-order valence-corrected chi connectivity index (χ2v) is 15.0. The quantitative estimate of drug-likeness (QED) is 0.195. The molecule has 3 amide bonds. The van der Waals surface area contributed by atoms with E-state index in [1.807, 2.05) is 39.6 Å². The van der Waals surface area contributed by atoms with E-state index in [1.54, 1.807) is 24.3 Å². The van der Waals surface area contributed by atoms with E-state index in [9.17, 15) is 33.5 Å². The minimum Gasteiger partial charge on any atom is -0.481 e. The monoisotopic (exact) mass is 731 g/mol. The van der Waals surface area contributed by atoms with Crippen LogP contribution in [0.1, 0.15) is 106 Å². The van der Waals surface area contributed by atoms with Crippen LogP contribution in [0.25, 0.3) is 0 Å². The van der Waals surface area contributed by atoms with Crippen molar-refractivity contribution < 1.29 is 38.2 Å². The molecule has 3 rings (SSSR count). The number of likely N-dealkylation sites (N-methyl/N-ethyl adjacent to an activating group) is 2. The number of rotatable bonds is 17. The van der Waals surface area contributed by atoms with Gasteiger partial charge < -0.3 is 25.4 Å².